The van der Waals surface area contributed by atoms with Crippen molar-refractivity contribution < 1.29 is 8.42 Å². The van der Waals surface area contributed by atoms with Gasteiger partial charge < -0.3 is 5.73 Å². The van der Waals surface area contributed by atoms with Gasteiger partial charge in [-0.1, -0.05) is 0 Å². The van der Waals surface area contributed by atoms with Crippen molar-refractivity contribution in [1.29, 1.82) is 0 Å². The van der Waals surface area contributed by atoms with Crippen molar-refractivity contribution in [3.63, 3.8) is 0 Å². The molecule has 0 spiro atoms. The first-order valence-electron chi connectivity index (χ1n) is 6.61. The Bertz CT molecular complexity index is 771. The highest BCUT2D eigenvalue weighted by molar-refractivity contribution is 9.10. The monoisotopic (exact) mass is 386 g/mol. The van der Waals surface area contributed by atoms with E-state index in [9.17, 15) is 8.42 Å². The molecule has 1 heterocycles. The first-order valence-corrected chi connectivity index (χ1v) is 9.76. The molecule has 21 heavy (non-hydrogen) atoms. The van der Waals surface area contributed by atoms with Gasteiger partial charge >= 0.3 is 0 Å². The zero-order valence-electron chi connectivity index (χ0n) is 11.2. The summed E-state index contributed by atoms with van der Waals surface area (Å²) in [6.45, 7) is 0. The summed E-state index contributed by atoms with van der Waals surface area (Å²) in [6.07, 6.45) is 2.87. The topological polar surface area (TPSA) is 72.2 Å². The third-order valence-electron chi connectivity index (χ3n) is 3.63. The number of rotatable bonds is 3. The Hall–Kier alpha value is -0.890. The zero-order valence-corrected chi connectivity index (χ0v) is 14.4. The van der Waals surface area contributed by atoms with Crippen LogP contribution in [0.25, 0.3) is 0 Å². The summed E-state index contributed by atoms with van der Waals surface area (Å²) in [5.41, 5.74) is 7.30. The zero-order chi connectivity index (χ0) is 15.0. The van der Waals surface area contributed by atoms with Gasteiger partial charge in [0.15, 0.2) is 0 Å². The fraction of sp³-hybridized carbons (Fsp3) is 0.286. The average molecular weight is 387 g/mol. The van der Waals surface area contributed by atoms with E-state index in [1.165, 1.54) is 10.9 Å². The molecule has 1 aliphatic rings. The van der Waals surface area contributed by atoms with Crippen LogP contribution in [0.2, 0.25) is 0 Å². The fourth-order valence-corrected chi connectivity index (χ4v) is 5.07. The summed E-state index contributed by atoms with van der Waals surface area (Å²) in [5, 5.41) is 2.02. The van der Waals surface area contributed by atoms with E-state index in [4.69, 9.17) is 5.73 Å². The second-order valence-corrected chi connectivity index (χ2v) is 8.62. The molecule has 0 saturated heterocycles. The van der Waals surface area contributed by atoms with Gasteiger partial charge in [0.05, 0.1) is 4.90 Å². The number of sulfonamides is 1. The van der Waals surface area contributed by atoms with Crippen molar-refractivity contribution in [3.8, 4) is 0 Å². The lowest BCUT2D eigenvalue weighted by atomic mass is 9.95. The van der Waals surface area contributed by atoms with Gasteiger partial charge in [0.2, 0.25) is 10.0 Å². The molecule has 112 valence electrons. The first-order chi connectivity index (χ1) is 9.97. The van der Waals surface area contributed by atoms with Crippen molar-refractivity contribution >= 4 is 43.0 Å². The van der Waals surface area contributed by atoms with Crippen molar-refractivity contribution in [2.45, 2.75) is 30.2 Å². The number of fused-ring (bicyclic) bond motifs is 1. The second kappa shape index (κ2) is 5.72. The van der Waals surface area contributed by atoms with E-state index >= 15 is 0 Å². The van der Waals surface area contributed by atoms with Crippen LogP contribution >= 0.6 is 27.3 Å². The molecule has 1 atom stereocenters. The predicted molar refractivity (Wildman–Crippen MR) is 88.9 cm³/mol. The van der Waals surface area contributed by atoms with Crippen LogP contribution in [0.1, 0.15) is 29.3 Å². The minimum absolute atomic E-state index is 0.144. The predicted octanol–water partition coefficient (Wildman–Crippen LogP) is 3.45. The molecule has 2 aromatic rings. The lowest BCUT2D eigenvalue weighted by Crippen LogP contribution is -2.30. The van der Waals surface area contributed by atoms with Crippen LogP contribution in [0.3, 0.4) is 0 Å². The van der Waals surface area contributed by atoms with Crippen molar-refractivity contribution in [2.75, 3.05) is 5.73 Å². The smallest absolute Gasteiger partial charge is 0.241 e. The van der Waals surface area contributed by atoms with Gasteiger partial charge in [0, 0.05) is 21.1 Å². The lowest BCUT2D eigenvalue weighted by molar-refractivity contribution is 0.511. The number of thiophene rings is 1. The van der Waals surface area contributed by atoms with Gasteiger partial charge in [0.1, 0.15) is 0 Å². The van der Waals surface area contributed by atoms with Crippen LogP contribution < -0.4 is 10.5 Å². The summed E-state index contributed by atoms with van der Waals surface area (Å²) in [7, 11) is -3.57. The molecule has 0 amide bonds. The Balaban J connectivity index is 1.89. The Kier molecular flexibility index (Phi) is 4.09. The van der Waals surface area contributed by atoms with E-state index in [0.717, 1.165) is 24.8 Å². The lowest BCUT2D eigenvalue weighted by Gasteiger charge is -2.23. The Morgan fingerprint density at radius 2 is 2.14 bits per heavy atom. The van der Waals surface area contributed by atoms with Crippen LogP contribution in [0.4, 0.5) is 5.69 Å². The standard InChI is InChI=1S/C14H15BrN2O2S2/c15-11-5-4-9(8-12(11)16)21(18,19)17-13-2-1-3-14-10(13)6-7-20-14/h4-8,13,17H,1-3,16H2. The molecular weight excluding hydrogens is 372 g/mol. The maximum absolute atomic E-state index is 12.5. The molecule has 3 N–H and O–H groups in total. The van der Waals surface area contributed by atoms with Crippen LogP contribution in [-0.2, 0) is 16.4 Å². The van der Waals surface area contributed by atoms with Gasteiger partial charge in [-0.25, -0.2) is 13.1 Å². The molecule has 0 radical (unpaired) electrons. The minimum Gasteiger partial charge on any atom is -0.398 e. The number of benzene rings is 1. The summed E-state index contributed by atoms with van der Waals surface area (Å²) in [5.74, 6) is 0. The van der Waals surface area contributed by atoms with Gasteiger partial charge in [-0.05, 0) is 70.4 Å². The van der Waals surface area contributed by atoms with Gasteiger partial charge in [-0.15, -0.1) is 11.3 Å². The van der Waals surface area contributed by atoms with E-state index in [2.05, 4.69) is 20.7 Å². The number of nitrogens with one attached hydrogen (secondary N) is 1. The third kappa shape index (κ3) is 3.01. The average Bonchev–Trinajstić information content (AvgIpc) is 2.91. The number of nitrogens with two attached hydrogens (primary N) is 1. The number of anilines is 1. The first kappa shape index (κ1) is 15.0. The van der Waals surface area contributed by atoms with Crippen LogP contribution in [0.5, 0.6) is 0 Å². The van der Waals surface area contributed by atoms with Crippen LogP contribution in [-0.4, -0.2) is 8.42 Å². The summed E-state index contributed by atoms with van der Waals surface area (Å²) in [4.78, 5) is 1.48. The van der Waals surface area contributed by atoms with Crippen LogP contribution in [0, 0.1) is 0 Å². The second-order valence-electron chi connectivity index (χ2n) is 5.05. The number of hydrogen-bond acceptors (Lipinski definition) is 4. The maximum Gasteiger partial charge on any atom is 0.241 e. The number of nitrogen functional groups attached to an aromatic ring is 1. The SMILES string of the molecule is Nc1cc(S(=O)(=O)NC2CCCc3sccc32)ccc1Br. The third-order valence-corrected chi connectivity index (χ3v) is 6.82. The van der Waals surface area contributed by atoms with Crippen molar-refractivity contribution in [2.24, 2.45) is 0 Å². The number of halogens is 1. The number of aryl methyl sites for hydroxylation is 1. The maximum atomic E-state index is 12.5. The highest BCUT2D eigenvalue weighted by atomic mass is 79.9. The largest absolute Gasteiger partial charge is 0.398 e. The summed E-state index contributed by atoms with van der Waals surface area (Å²) in [6, 6.07) is 6.56. The number of hydrogen-bond donors (Lipinski definition) is 2. The van der Waals surface area contributed by atoms with Gasteiger partial charge in [-0.2, -0.15) is 0 Å². The highest BCUT2D eigenvalue weighted by Crippen LogP contribution is 2.34. The van der Waals surface area contributed by atoms with Crippen molar-refractivity contribution in [1.82, 2.24) is 4.72 Å². The summed E-state index contributed by atoms with van der Waals surface area (Å²) < 4.78 is 28.5. The van der Waals surface area contributed by atoms with Gasteiger partial charge in [-0.3, -0.25) is 0 Å². The van der Waals surface area contributed by atoms with E-state index in [1.54, 1.807) is 23.5 Å². The van der Waals surface area contributed by atoms with Crippen LogP contribution in [0.15, 0.2) is 39.0 Å². The molecule has 0 saturated carbocycles. The molecule has 0 fully saturated rings. The normalized spacial score (nSPS) is 18.4. The molecule has 7 heteroatoms. The molecule has 4 nitrogen and oxygen atoms in total. The van der Waals surface area contributed by atoms with Gasteiger partial charge in [0.25, 0.3) is 0 Å². The van der Waals surface area contributed by atoms with E-state index < -0.39 is 10.0 Å². The molecule has 0 aliphatic heterocycles. The Labute approximate surface area is 136 Å². The molecule has 3 rings (SSSR count). The minimum atomic E-state index is -3.57. The molecule has 1 aromatic carbocycles. The summed E-state index contributed by atoms with van der Waals surface area (Å²) >= 11 is 4.97. The molecular formula is C14H15BrN2O2S2. The van der Waals surface area contributed by atoms with Crippen molar-refractivity contribution in [3.05, 3.63) is 44.6 Å². The molecule has 1 aromatic heterocycles. The molecule has 0 bridgehead atoms. The quantitative estimate of drug-likeness (QED) is 0.793. The molecule has 1 unspecified atom stereocenters. The van der Waals surface area contributed by atoms with E-state index in [0.29, 0.717) is 10.2 Å². The van der Waals surface area contributed by atoms with E-state index in [1.807, 2.05) is 11.4 Å². The Morgan fingerprint density at radius 3 is 2.90 bits per heavy atom. The molecule has 1 aliphatic carbocycles. The highest BCUT2D eigenvalue weighted by Gasteiger charge is 2.26. The fourth-order valence-electron chi connectivity index (χ4n) is 2.55. The Morgan fingerprint density at radius 1 is 1.33 bits per heavy atom. The van der Waals surface area contributed by atoms with E-state index in [-0.39, 0.29) is 10.9 Å².